The lowest BCUT2D eigenvalue weighted by molar-refractivity contribution is -0.139. The molecule has 1 saturated heterocycles. The van der Waals surface area contributed by atoms with Crippen molar-refractivity contribution in [2.24, 2.45) is 11.7 Å². The summed E-state index contributed by atoms with van der Waals surface area (Å²) in [5.41, 5.74) is 5.65. The first-order valence-corrected chi connectivity index (χ1v) is 7.17. The summed E-state index contributed by atoms with van der Waals surface area (Å²) < 4.78 is 39.2. The Labute approximate surface area is 126 Å². The normalized spacial score (nSPS) is 23.0. The molecular weight excluding hydrogens is 293 g/mol. The van der Waals surface area contributed by atoms with Gasteiger partial charge in [0.05, 0.1) is 11.9 Å². The Bertz CT molecular complexity index is 676. The van der Waals surface area contributed by atoms with Crippen molar-refractivity contribution >= 4 is 16.6 Å². The van der Waals surface area contributed by atoms with Crippen molar-refractivity contribution in [3.63, 3.8) is 0 Å². The molecule has 1 aliphatic rings. The van der Waals surface area contributed by atoms with Gasteiger partial charge in [-0.25, -0.2) is 4.98 Å². The van der Waals surface area contributed by atoms with Crippen molar-refractivity contribution in [1.82, 2.24) is 9.97 Å². The van der Waals surface area contributed by atoms with E-state index in [1.165, 1.54) is 12.4 Å². The Hall–Kier alpha value is -1.89. The zero-order valence-corrected chi connectivity index (χ0v) is 12.1. The van der Waals surface area contributed by atoms with Crippen molar-refractivity contribution in [3.8, 4) is 0 Å². The highest BCUT2D eigenvalue weighted by molar-refractivity contribution is 5.92. The summed E-state index contributed by atoms with van der Waals surface area (Å²) in [5, 5.41) is 0.464. The van der Waals surface area contributed by atoms with E-state index in [1.54, 1.807) is 12.1 Å². The van der Waals surface area contributed by atoms with Crippen molar-refractivity contribution < 1.29 is 13.2 Å². The number of anilines is 1. The molecule has 2 aromatic rings. The van der Waals surface area contributed by atoms with Gasteiger partial charge in [0.1, 0.15) is 5.52 Å². The van der Waals surface area contributed by atoms with Gasteiger partial charge in [0.25, 0.3) is 0 Å². The first-order chi connectivity index (χ1) is 10.4. The topological polar surface area (TPSA) is 55.0 Å². The van der Waals surface area contributed by atoms with Crippen molar-refractivity contribution in [2.45, 2.75) is 25.6 Å². The van der Waals surface area contributed by atoms with Gasteiger partial charge in [-0.3, -0.25) is 4.98 Å². The molecule has 2 aromatic heterocycles. The maximum atomic E-state index is 13.1. The first-order valence-electron chi connectivity index (χ1n) is 7.17. The van der Waals surface area contributed by atoms with Gasteiger partial charge in [-0.05, 0) is 24.5 Å². The molecule has 3 heterocycles. The van der Waals surface area contributed by atoms with Gasteiger partial charge in [0.15, 0.2) is 5.69 Å². The maximum absolute atomic E-state index is 13.1. The second-order valence-corrected chi connectivity index (χ2v) is 5.90. The van der Waals surface area contributed by atoms with E-state index in [4.69, 9.17) is 5.73 Å². The van der Waals surface area contributed by atoms with Gasteiger partial charge in [0.2, 0.25) is 0 Å². The zero-order valence-electron chi connectivity index (χ0n) is 12.1. The third-order valence-corrected chi connectivity index (χ3v) is 3.93. The average Bonchev–Trinajstić information content (AvgIpc) is 2.44. The Morgan fingerprint density at radius 3 is 2.73 bits per heavy atom. The smallest absolute Gasteiger partial charge is 0.368 e. The van der Waals surface area contributed by atoms with Crippen LogP contribution in [0.4, 0.5) is 18.9 Å². The Morgan fingerprint density at radius 1 is 1.27 bits per heavy atom. The summed E-state index contributed by atoms with van der Waals surface area (Å²) in [6, 6.07) is 3.30. The number of hydrogen-bond acceptors (Lipinski definition) is 4. The minimum atomic E-state index is -4.52. The molecule has 0 bridgehead atoms. The number of aromatic nitrogens is 2. The van der Waals surface area contributed by atoms with Crippen LogP contribution in [0.5, 0.6) is 0 Å². The number of nitrogens with zero attached hydrogens (tertiary/aromatic N) is 3. The van der Waals surface area contributed by atoms with E-state index < -0.39 is 11.9 Å². The first kappa shape index (κ1) is 15.0. The number of hydrogen-bond donors (Lipinski definition) is 1. The van der Waals surface area contributed by atoms with E-state index in [2.05, 4.69) is 16.9 Å². The van der Waals surface area contributed by atoms with Crippen LogP contribution >= 0.6 is 0 Å². The van der Waals surface area contributed by atoms with E-state index in [1.807, 2.05) is 4.90 Å². The summed E-state index contributed by atoms with van der Waals surface area (Å²) >= 11 is 0. The van der Waals surface area contributed by atoms with Crippen LogP contribution < -0.4 is 10.6 Å². The minimum absolute atomic E-state index is 0.0118. The highest BCUT2D eigenvalue weighted by Crippen LogP contribution is 2.36. The highest BCUT2D eigenvalue weighted by atomic mass is 19.4. The van der Waals surface area contributed by atoms with Crippen molar-refractivity contribution in [1.29, 1.82) is 0 Å². The molecular formula is C15H17F3N4. The molecule has 2 unspecified atom stereocenters. The lowest BCUT2D eigenvalue weighted by Crippen LogP contribution is -2.46. The van der Waals surface area contributed by atoms with Gasteiger partial charge in [-0.1, -0.05) is 6.92 Å². The lowest BCUT2D eigenvalue weighted by atomic mass is 9.96. The summed E-state index contributed by atoms with van der Waals surface area (Å²) in [6.07, 6.45) is -0.956. The molecule has 0 saturated carbocycles. The number of alkyl halides is 3. The van der Waals surface area contributed by atoms with Crippen molar-refractivity contribution in [3.05, 3.63) is 30.2 Å². The quantitative estimate of drug-likeness (QED) is 0.880. The molecule has 0 aliphatic carbocycles. The maximum Gasteiger partial charge on any atom is 0.435 e. The van der Waals surface area contributed by atoms with Gasteiger partial charge >= 0.3 is 6.18 Å². The molecule has 22 heavy (non-hydrogen) atoms. The van der Waals surface area contributed by atoms with Gasteiger partial charge in [0, 0.05) is 30.7 Å². The van der Waals surface area contributed by atoms with E-state index in [-0.39, 0.29) is 11.6 Å². The number of piperidine rings is 1. The van der Waals surface area contributed by atoms with E-state index in [9.17, 15) is 13.2 Å². The van der Waals surface area contributed by atoms with E-state index >= 15 is 0 Å². The lowest BCUT2D eigenvalue weighted by Gasteiger charge is -2.36. The Balaban J connectivity index is 2.12. The summed E-state index contributed by atoms with van der Waals surface area (Å²) in [7, 11) is 0. The van der Waals surface area contributed by atoms with E-state index in [0.29, 0.717) is 23.5 Å². The molecule has 3 rings (SSSR count). The molecule has 1 aliphatic heterocycles. The SMILES string of the molecule is CC1CC(N)CN(c2cnc(C(F)(F)F)c3ncccc23)C1. The monoisotopic (exact) mass is 310 g/mol. The molecule has 0 amide bonds. The molecule has 1 fully saturated rings. The molecule has 2 atom stereocenters. The number of fused-ring (bicyclic) bond motifs is 1. The number of pyridine rings is 2. The summed E-state index contributed by atoms with van der Waals surface area (Å²) in [6.45, 7) is 3.45. The number of rotatable bonds is 1. The van der Waals surface area contributed by atoms with Gasteiger partial charge < -0.3 is 10.6 Å². The zero-order chi connectivity index (χ0) is 15.9. The second-order valence-electron chi connectivity index (χ2n) is 5.90. The molecule has 0 radical (unpaired) electrons. The van der Waals surface area contributed by atoms with Gasteiger partial charge in [-0.2, -0.15) is 13.2 Å². The van der Waals surface area contributed by atoms with Crippen LogP contribution in [0.2, 0.25) is 0 Å². The number of nitrogens with two attached hydrogens (primary N) is 1. The molecule has 4 nitrogen and oxygen atoms in total. The fourth-order valence-electron chi connectivity index (χ4n) is 3.11. The van der Waals surface area contributed by atoms with E-state index in [0.717, 1.165) is 13.0 Å². The van der Waals surface area contributed by atoms with Crippen LogP contribution in [0.3, 0.4) is 0 Å². The molecule has 2 N–H and O–H groups in total. The number of halogens is 3. The minimum Gasteiger partial charge on any atom is -0.368 e. The Kier molecular flexibility index (Phi) is 3.68. The van der Waals surface area contributed by atoms with Crippen LogP contribution in [-0.4, -0.2) is 29.1 Å². The average molecular weight is 310 g/mol. The molecule has 118 valence electrons. The van der Waals surface area contributed by atoms with Crippen LogP contribution in [0.15, 0.2) is 24.5 Å². The van der Waals surface area contributed by atoms with Crippen LogP contribution in [0, 0.1) is 5.92 Å². The molecule has 0 aromatic carbocycles. The molecule has 0 spiro atoms. The molecule has 7 heteroatoms. The third kappa shape index (κ3) is 2.72. The summed E-state index contributed by atoms with van der Waals surface area (Å²) in [4.78, 5) is 9.54. The fourth-order valence-corrected chi connectivity index (χ4v) is 3.11. The predicted molar refractivity (Wildman–Crippen MR) is 78.5 cm³/mol. The predicted octanol–water partition coefficient (Wildman–Crippen LogP) is 2.82. The largest absolute Gasteiger partial charge is 0.435 e. The standard InChI is InChI=1S/C15H17F3N4/c1-9-5-10(19)8-22(7-9)12-6-21-14(15(16,17)18)13-11(12)3-2-4-20-13/h2-4,6,9-10H,5,7-8,19H2,1H3. The fraction of sp³-hybridized carbons (Fsp3) is 0.467. The second kappa shape index (κ2) is 5.39. The van der Waals surface area contributed by atoms with Crippen molar-refractivity contribution in [2.75, 3.05) is 18.0 Å². The highest BCUT2D eigenvalue weighted by Gasteiger charge is 2.36. The van der Waals surface area contributed by atoms with Gasteiger partial charge in [-0.15, -0.1) is 0 Å². The third-order valence-electron chi connectivity index (χ3n) is 3.93. The summed E-state index contributed by atoms with van der Waals surface area (Å²) in [5.74, 6) is 0.387. The Morgan fingerprint density at radius 2 is 2.05 bits per heavy atom. The van der Waals surface area contributed by atoms with Crippen LogP contribution in [0.1, 0.15) is 19.0 Å². The van der Waals surface area contributed by atoms with Crippen LogP contribution in [0.25, 0.3) is 10.9 Å². The van der Waals surface area contributed by atoms with Crippen LogP contribution in [-0.2, 0) is 6.18 Å².